The summed E-state index contributed by atoms with van der Waals surface area (Å²) in [5.41, 5.74) is 1.95. The van der Waals surface area contributed by atoms with Gasteiger partial charge in [-0.05, 0) is 47.5 Å². The molecule has 1 heterocycles. The van der Waals surface area contributed by atoms with Crippen molar-refractivity contribution in [3.63, 3.8) is 0 Å². The smallest absolute Gasteiger partial charge is 0.257 e. The van der Waals surface area contributed by atoms with Crippen LogP contribution >= 0.6 is 11.6 Å². The lowest BCUT2D eigenvalue weighted by Gasteiger charge is -2.09. The molecule has 0 unspecified atom stereocenters. The zero-order valence-corrected chi connectivity index (χ0v) is 18.3. The van der Waals surface area contributed by atoms with E-state index >= 15 is 0 Å². The van der Waals surface area contributed by atoms with Crippen LogP contribution in [0, 0.1) is 0 Å². The van der Waals surface area contributed by atoms with E-state index in [1.165, 1.54) is 31.4 Å². The van der Waals surface area contributed by atoms with Crippen molar-refractivity contribution in [3.05, 3.63) is 100 Å². The zero-order valence-electron chi connectivity index (χ0n) is 17.5. The topological polar surface area (TPSA) is 104 Å². The Morgan fingerprint density at radius 2 is 1.82 bits per heavy atom. The van der Waals surface area contributed by atoms with Gasteiger partial charge in [-0.1, -0.05) is 48.0 Å². The molecule has 0 radical (unpaired) electrons. The maximum Gasteiger partial charge on any atom is 0.257 e. The highest BCUT2D eigenvalue weighted by Crippen LogP contribution is 2.25. The number of aromatic carboxylic acids is 1. The van der Waals surface area contributed by atoms with Gasteiger partial charge in [0.25, 0.3) is 5.91 Å². The van der Waals surface area contributed by atoms with Crippen molar-refractivity contribution in [1.82, 2.24) is 5.32 Å². The van der Waals surface area contributed by atoms with E-state index in [1.54, 1.807) is 42.5 Å². The van der Waals surface area contributed by atoms with Crippen LogP contribution in [0.1, 0.15) is 26.3 Å². The minimum Gasteiger partial charge on any atom is -0.545 e. The summed E-state index contributed by atoms with van der Waals surface area (Å²) in [6.07, 6.45) is 0. The van der Waals surface area contributed by atoms with Crippen molar-refractivity contribution in [1.29, 1.82) is 0 Å². The van der Waals surface area contributed by atoms with Crippen LogP contribution in [0.5, 0.6) is 5.75 Å². The standard InChI is InChI=1S/C25H19ClN2O5/c1-32-21-7-3-5-17-13-20(23(29)27-14-15-4-2-6-18(26)12-15)24(33-22(17)21)28-19-10-8-16(9-11-19)25(30)31/h2-13H,14H2,1H3,(H,27,29)(H,30,31)/p-1. The number of carbonyl (C=O) groups is 2. The number of fused-ring (bicyclic) bond motifs is 1. The van der Waals surface area contributed by atoms with Gasteiger partial charge in [0.15, 0.2) is 11.3 Å². The fraction of sp³-hybridized carbons (Fsp3) is 0.0800. The van der Waals surface area contributed by atoms with E-state index in [0.717, 1.165) is 5.56 Å². The molecule has 0 aliphatic carbocycles. The third-order valence-electron chi connectivity index (χ3n) is 4.88. The first kappa shape index (κ1) is 22.1. The van der Waals surface area contributed by atoms with Crippen LogP contribution in [0.25, 0.3) is 11.0 Å². The van der Waals surface area contributed by atoms with Crippen molar-refractivity contribution in [2.75, 3.05) is 7.11 Å². The molecule has 1 N–H and O–H groups in total. The van der Waals surface area contributed by atoms with E-state index in [-0.39, 0.29) is 23.2 Å². The van der Waals surface area contributed by atoms with Crippen LogP contribution in [0.4, 0.5) is 5.69 Å². The Balaban J connectivity index is 1.77. The molecule has 0 saturated heterocycles. The van der Waals surface area contributed by atoms with E-state index in [0.29, 0.717) is 27.4 Å². The fourth-order valence-corrected chi connectivity index (χ4v) is 3.46. The Hall–Kier alpha value is -4.10. The Morgan fingerprint density at radius 1 is 1.06 bits per heavy atom. The SMILES string of the molecule is COc1cccc2cc(C(=O)NCc3cccc(Cl)c3)c(=Nc3ccc(C(=O)[O-])cc3)oc12. The molecule has 8 heteroatoms. The lowest BCUT2D eigenvalue weighted by atomic mass is 10.1. The Labute approximate surface area is 193 Å². The van der Waals surface area contributed by atoms with Crippen LogP contribution in [0.15, 0.2) is 82.2 Å². The number of hydrogen-bond donors (Lipinski definition) is 1. The number of nitrogens with one attached hydrogen (secondary N) is 1. The fourth-order valence-electron chi connectivity index (χ4n) is 3.24. The van der Waals surface area contributed by atoms with Gasteiger partial charge in [-0.25, -0.2) is 4.99 Å². The van der Waals surface area contributed by atoms with Gasteiger partial charge in [0.05, 0.1) is 18.8 Å². The van der Waals surface area contributed by atoms with Crippen molar-refractivity contribution in [3.8, 4) is 5.75 Å². The molecular formula is C25H18ClN2O5-. The molecule has 0 bridgehead atoms. The number of benzene rings is 3. The maximum atomic E-state index is 13.1. The second kappa shape index (κ2) is 9.58. The van der Waals surface area contributed by atoms with Crippen LogP contribution in [-0.2, 0) is 6.54 Å². The number of rotatable bonds is 6. The predicted octanol–water partition coefficient (Wildman–Crippen LogP) is 3.62. The molecule has 0 aliphatic heterocycles. The average molecular weight is 462 g/mol. The minimum absolute atomic E-state index is 0.0190. The second-order valence-corrected chi connectivity index (χ2v) is 7.54. The number of amides is 1. The minimum atomic E-state index is -1.29. The number of nitrogens with zero attached hydrogens (tertiary/aromatic N) is 1. The molecule has 1 amide bonds. The van der Waals surface area contributed by atoms with Gasteiger partial charge < -0.3 is 24.4 Å². The summed E-state index contributed by atoms with van der Waals surface area (Å²) in [6.45, 7) is 0.259. The van der Waals surface area contributed by atoms with Crippen LogP contribution < -0.4 is 20.7 Å². The van der Waals surface area contributed by atoms with E-state index in [9.17, 15) is 14.7 Å². The molecule has 0 saturated carbocycles. The molecule has 166 valence electrons. The van der Waals surface area contributed by atoms with Crippen LogP contribution in [0.3, 0.4) is 0 Å². The van der Waals surface area contributed by atoms with Gasteiger partial charge in [0.1, 0.15) is 5.56 Å². The number of ether oxygens (including phenoxy) is 1. The lowest BCUT2D eigenvalue weighted by molar-refractivity contribution is -0.255. The summed E-state index contributed by atoms with van der Waals surface area (Å²) in [5, 5.41) is 15.1. The highest BCUT2D eigenvalue weighted by Gasteiger charge is 2.15. The Kier molecular flexibility index (Phi) is 6.42. The molecule has 33 heavy (non-hydrogen) atoms. The van der Waals surface area contributed by atoms with E-state index in [4.69, 9.17) is 20.8 Å². The number of hydrogen-bond acceptors (Lipinski definition) is 6. The molecular weight excluding hydrogens is 444 g/mol. The van der Waals surface area contributed by atoms with Crippen LogP contribution in [-0.4, -0.2) is 19.0 Å². The molecule has 7 nitrogen and oxygen atoms in total. The number of halogens is 1. The van der Waals surface area contributed by atoms with Gasteiger partial charge >= 0.3 is 0 Å². The van der Waals surface area contributed by atoms with E-state index in [2.05, 4.69) is 10.3 Å². The van der Waals surface area contributed by atoms with Crippen molar-refractivity contribution in [2.45, 2.75) is 6.54 Å². The van der Waals surface area contributed by atoms with Gasteiger partial charge in [-0.2, -0.15) is 0 Å². The molecule has 0 spiro atoms. The highest BCUT2D eigenvalue weighted by atomic mass is 35.5. The molecule has 0 atom stereocenters. The first-order chi connectivity index (χ1) is 15.9. The third-order valence-corrected chi connectivity index (χ3v) is 5.11. The van der Waals surface area contributed by atoms with Gasteiger partial charge in [0, 0.05) is 17.0 Å². The summed E-state index contributed by atoms with van der Waals surface area (Å²) in [4.78, 5) is 28.5. The maximum absolute atomic E-state index is 13.1. The number of carboxylic acid groups (broad SMARTS) is 1. The van der Waals surface area contributed by atoms with E-state index < -0.39 is 11.9 Å². The number of carboxylic acids is 1. The molecule has 0 fully saturated rings. The van der Waals surface area contributed by atoms with Gasteiger partial charge in [0.2, 0.25) is 5.55 Å². The highest BCUT2D eigenvalue weighted by molar-refractivity contribution is 6.30. The summed E-state index contributed by atoms with van der Waals surface area (Å²) < 4.78 is 11.4. The summed E-state index contributed by atoms with van der Waals surface area (Å²) in [6, 6.07) is 19.9. The Morgan fingerprint density at radius 3 is 2.52 bits per heavy atom. The summed E-state index contributed by atoms with van der Waals surface area (Å²) in [7, 11) is 1.52. The summed E-state index contributed by atoms with van der Waals surface area (Å²) >= 11 is 6.02. The third kappa shape index (κ3) is 5.05. The molecule has 0 aliphatic rings. The van der Waals surface area contributed by atoms with Gasteiger partial charge in [-0.3, -0.25) is 4.79 Å². The number of para-hydroxylation sites is 1. The number of carbonyl (C=O) groups excluding carboxylic acids is 2. The lowest BCUT2D eigenvalue weighted by Crippen LogP contribution is -2.28. The van der Waals surface area contributed by atoms with Gasteiger partial charge in [-0.15, -0.1) is 0 Å². The quantitative estimate of drug-likeness (QED) is 0.472. The summed E-state index contributed by atoms with van der Waals surface area (Å²) in [5.74, 6) is -1.20. The molecule has 4 rings (SSSR count). The largest absolute Gasteiger partial charge is 0.545 e. The molecule has 1 aromatic heterocycles. The number of methoxy groups -OCH3 is 1. The van der Waals surface area contributed by atoms with Crippen molar-refractivity contribution in [2.24, 2.45) is 4.99 Å². The Bertz CT molecular complexity index is 1410. The molecule has 4 aromatic rings. The molecule has 3 aromatic carbocycles. The zero-order chi connectivity index (χ0) is 23.4. The first-order valence-corrected chi connectivity index (χ1v) is 10.3. The monoisotopic (exact) mass is 461 g/mol. The normalized spacial score (nSPS) is 11.4. The van der Waals surface area contributed by atoms with E-state index in [1.807, 2.05) is 6.07 Å². The first-order valence-electron chi connectivity index (χ1n) is 9.94. The second-order valence-electron chi connectivity index (χ2n) is 7.10. The van der Waals surface area contributed by atoms with Crippen LogP contribution in [0.2, 0.25) is 5.02 Å². The predicted molar refractivity (Wildman–Crippen MR) is 121 cm³/mol. The van der Waals surface area contributed by atoms with Crippen molar-refractivity contribution >= 4 is 40.1 Å². The van der Waals surface area contributed by atoms with Crippen molar-refractivity contribution < 1.29 is 23.8 Å². The average Bonchev–Trinajstić information content (AvgIpc) is 2.82.